The highest BCUT2D eigenvalue weighted by Crippen LogP contribution is 2.28. The van der Waals surface area contributed by atoms with Crippen molar-refractivity contribution < 1.29 is 13.2 Å². The predicted octanol–water partition coefficient (Wildman–Crippen LogP) is 1.56. The van der Waals surface area contributed by atoms with Crippen LogP contribution in [0.15, 0.2) is 17.0 Å². The van der Waals surface area contributed by atoms with Crippen molar-refractivity contribution in [3.8, 4) is 5.75 Å². The van der Waals surface area contributed by atoms with Gasteiger partial charge in [0.25, 0.3) is 0 Å². The first kappa shape index (κ1) is 13.0. The number of hydrogen-bond donors (Lipinski definition) is 0. The third-order valence-electron chi connectivity index (χ3n) is 2.54. The van der Waals surface area contributed by atoms with Crippen LogP contribution in [0, 0.1) is 13.8 Å². The van der Waals surface area contributed by atoms with E-state index in [4.69, 9.17) is 4.74 Å². The van der Waals surface area contributed by atoms with E-state index in [1.54, 1.807) is 12.1 Å². The second-order valence-corrected chi connectivity index (χ2v) is 6.00. The van der Waals surface area contributed by atoms with Crippen LogP contribution >= 0.6 is 0 Å². The van der Waals surface area contributed by atoms with E-state index in [2.05, 4.69) is 0 Å². The Hall–Kier alpha value is -1.07. The lowest BCUT2D eigenvalue weighted by Crippen LogP contribution is -2.23. The number of aryl methyl sites for hydroxylation is 2. The molecule has 0 saturated heterocycles. The molecule has 0 spiro atoms. The van der Waals surface area contributed by atoms with Crippen molar-refractivity contribution in [3.05, 3.63) is 23.3 Å². The summed E-state index contributed by atoms with van der Waals surface area (Å²) in [6.07, 6.45) is 0. The molecule has 16 heavy (non-hydrogen) atoms. The molecule has 0 radical (unpaired) electrons. The Morgan fingerprint density at radius 3 is 2.06 bits per heavy atom. The Morgan fingerprint density at radius 2 is 1.62 bits per heavy atom. The first-order chi connectivity index (χ1) is 7.30. The SMILES string of the molecule is COc1cc(C)c(C)cc1S(=O)(=O)N(C)C. The number of ether oxygens (including phenoxy) is 1. The van der Waals surface area contributed by atoms with Gasteiger partial charge in [-0.05, 0) is 37.1 Å². The van der Waals surface area contributed by atoms with Gasteiger partial charge in [0.2, 0.25) is 10.0 Å². The minimum atomic E-state index is -3.45. The quantitative estimate of drug-likeness (QED) is 0.809. The van der Waals surface area contributed by atoms with Crippen LogP contribution in [0.3, 0.4) is 0 Å². The third-order valence-corrected chi connectivity index (χ3v) is 4.37. The van der Waals surface area contributed by atoms with Gasteiger partial charge in [0.1, 0.15) is 10.6 Å². The van der Waals surface area contributed by atoms with Crippen molar-refractivity contribution in [2.75, 3.05) is 21.2 Å². The van der Waals surface area contributed by atoms with Crippen molar-refractivity contribution in [2.24, 2.45) is 0 Å². The van der Waals surface area contributed by atoms with Crippen LogP contribution in [0.25, 0.3) is 0 Å². The molecule has 1 rings (SSSR count). The van der Waals surface area contributed by atoms with Gasteiger partial charge < -0.3 is 4.74 Å². The first-order valence-electron chi connectivity index (χ1n) is 4.88. The van der Waals surface area contributed by atoms with Crippen LogP contribution < -0.4 is 4.74 Å². The molecule has 0 aliphatic heterocycles. The summed E-state index contributed by atoms with van der Waals surface area (Å²) in [6.45, 7) is 3.80. The fraction of sp³-hybridized carbons (Fsp3) is 0.455. The molecule has 0 fully saturated rings. The smallest absolute Gasteiger partial charge is 0.246 e. The average molecular weight is 243 g/mol. The molecule has 4 nitrogen and oxygen atoms in total. The summed E-state index contributed by atoms with van der Waals surface area (Å²) in [6, 6.07) is 3.38. The van der Waals surface area contributed by atoms with Gasteiger partial charge in [0.15, 0.2) is 0 Å². The highest BCUT2D eigenvalue weighted by atomic mass is 32.2. The molecule has 1 aromatic rings. The molecule has 0 aliphatic carbocycles. The highest BCUT2D eigenvalue weighted by molar-refractivity contribution is 7.89. The van der Waals surface area contributed by atoms with E-state index >= 15 is 0 Å². The summed E-state index contributed by atoms with van der Waals surface area (Å²) in [4.78, 5) is 0.211. The van der Waals surface area contributed by atoms with Gasteiger partial charge in [-0.1, -0.05) is 0 Å². The highest BCUT2D eigenvalue weighted by Gasteiger charge is 2.22. The van der Waals surface area contributed by atoms with Gasteiger partial charge in [-0.25, -0.2) is 12.7 Å². The number of methoxy groups -OCH3 is 1. The standard InChI is InChI=1S/C11H17NO3S/c1-8-6-10(15-5)11(7-9(8)2)16(13,14)12(3)4/h6-7H,1-5H3. The molecule has 5 heteroatoms. The molecule has 0 saturated carbocycles. The Bertz CT molecular complexity index is 492. The van der Waals surface area contributed by atoms with Crippen LogP contribution in [0.5, 0.6) is 5.75 Å². The maximum Gasteiger partial charge on any atom is 0.246 e. The van der Waals surface area contributed by atoms with Gasteiger partial charge in [-0.2, -0.15) is 0 Å². The molecule has 90 valence electrons. The lowest BCUT2D eigenvalue weighted by atomic mass is 10.1. The van der Waals surface area contributed by atoms with E-state index in [1.807, 2.05) is 13.8 Å². The second kappa shape index (κ2) is 4.43. The number of nitrogens with zero attached hydrogens (tertiary/aromatic N) is 1. The largest absolute Gasteiger partial charge is 0.495 e. The molecule has 0 aromatic heterocycles. The van der Waals surface area contributed by atoms with Crippen molar-refractivity contribution in [2.45, 2.75) is 18.7 Å². The van der Waals surface area contributed by atoms with E-state index < -0.39 is 10.0 Å². The summed E-state index contributed by atoms with van der Waals surface area (Å²) in [5.74, 6) is 0.386. The molecule has 0 atom stereocenters. The summed E-state index contributed by atoms with van der Waals surface area (Å²) in [7, 11) is 1.03. The lowest BCUT2D eigenvalue weighted by Gasteiger charge is -2.16. The zero-order valence-corrected chi connectivity index (χ0v) is 11.1. The van der Waals surface area contributed by atoms with E-state index in [1.165, 1.54) is 25.5 Å². The minimum absolute atomic E-state index is 0.211. The van der Waals surface area contributed by atoms with Gasteiger partial charge >= 0.3 is 0 Å². The van der Waals surface area contributed by atoms with E-state index in [0.29, 0.717) is 5.75 Å². The zero-order chi connectivity index (χ0) is 12.5. The Balaban J connectivity index is 3.50. The number of rotatable bonds is 3. The van der Waals surface area contributed by atoms with Crippen LogP contribution in [0.2, 0.25) is 0 Å². The Kier molecular flexibility index (Phi) is 3.60. The molecular weight excluding hydrogens is 226 g/mol. The van der Waals surface area contributed by atoms with Gasteiger partial charge in [0, 0.05) is 14.1 Å². The van der Waals surface area contributed by atoms with Crippen LogP contribution in [0.4, 0.5) is 0 Å². The monoisotopic (exact) mass is 243 g/mol. The van der Waals surface area contributed by atoms with Crippen LogP contribution in [-0.2, 0) is 10.0 Å². The normalized spacial score (nSPS) is 11.9. The summed E-state index contributed by atoms with van der Waals surface area (Å²) >= 11 is 0. The van der Waals surface area contributed by atoms with Crippen LogP contribution in [0.1, 0.15) is 11.1 Å². The zero-order valence-electron chi connectivity index (χ0n) is 10.2. The van der Waals surface area contributed by atoms with Crippen molar-refractivity contribution in [1.82, 2.24) is 4.31 Å². The Morgan fingerprint density at radius 1 is 1.12 bits per heavy atom. The third kappa shape index (κ3) is 2.20. The predicted molar refractivity (Wildman–Crippen MR) is 63.3 cm³/mol. The number of hydrogen-bond acceptors (Lipinski definition) is 3. The van der Waals surface area contributed by atoms with E-state index in [0.717, 1.165) is 11.1 Å². The average Bonchev–Trinajstić information content (AvgIpc) is 2.20. The maximum absolute atomic E-state index is 12.0. The molecule has 0 bridgehead atoms. The molecule has 0 aliphatic rings. The van der Waals surface area contributed by atoms with E-state index in [9.17, 15) is 8.42 Å². The second-order valence-electron chi connectivity index (χ2n) is 3.87. The summed E-state index contributed by atoms with van der Waals surface area (Å²) in [5.41, 5.74) is 1.94. The molecule has 0 N–H and O–H groups in total. The first-order valence-corrected chi connectivity index (χ1v) is 6.32. The molecular formula is C11H17NO3S. The fourth-order valence-corrected chi connectivity index (χ4v) is 2.44. The number of sulfonamides is 1. The summed E-state index contributed by atoms with van der Waals surface area (Å²) < 4.78 is 30.3. The van der Waals surface area contributed by atoms with Crippen molar-refractivity contribution >= 4 is 10.0 Å². The molecule has 0 heterocycles. The summed E-state index contributed by atoms with van der Waals surface area (Å²) in [5, 5.41) is 0. The lowest BCUT2D eigenvalue weighted by molar-refractivity contribution is 0.400. The molecule has 0 unspecified atom stereocenters. The molecule has 1 aromatic carbocycles. The fourth-order valence-electron chi connectivity index (χ4n) is 1.32. The topological polar surface area (TPSA) is 46.6 Å². The van der Waals surface area contributed by atoms with Crippen molar-refractivity contribution in [1.29, 1.82) is 0 Å². The van der Waals surface area contributed by atoms with Crippen LogP contribution in [-0.4, -0.2) is 33.9 Å². The Labute approximate surface area is 96.9 Å². The van der Waals surface area contributed by atoms with Gasteiger partial charge in [-0.15, -0.1) is 0 Å². The maximum atomic E-state index is 12.0. The number of benzene rings is 1. The minimum Gasteiger partial charge on any atom is -0.495 e. The van der Waals surface area contributed by atoms with Gasteiger partial charge in [-0.3, -0.25) is 0 Å². The van der Waals surface area contributed by atoms with Gasteiger partial charge in [0.05, 0.1) is 7.11 Å². The molecule has 0 amide bonds. The van der Waals surface area contributed by atoms with Crippen molar-refractivity contribution in [3.63, 3.8) is 0 Å². The van der Waals surface area contributed by atoms with E-state index in [-0.39, 0.29) is 4.90 Å².